The maximum Gasteiger partial charge on any atom is 0.248 e. The summed E-state index contributed by atoms with van der Waals surface area (Å²) in [6.07, 6.45) is 11.9. The van der Waals surface area contributed by atoms with Crippen LogP contribution in [0.5, 0.6) is 0 Å². The molecule has 2 aliphatic heterocycles. The molecule has 0 saturated carbocycles. The average molecular weight is 258 g/mol. The molecule has 0 bridgehead atoms. The highest BCUT2D eigenvalue weighted by atomic mass is 32.2. The summed E-state index contributed by atoms with van der Waals surface area (Å²) in [5, 5.41) is 2.89. The normalized spacial score (nSPS) is 27.9. The maximum atomic E-state index is 12.1. The van der Waals surface area contributed by atoms with E-state index >= 15 is 0 Å². The van der Waals surface area contributed by atoms with Gasteiger partial charge in [0.05, 0.1) is 5.71 Å². The number of carbonyl (C=O) groups is 1. The lowest BCUT2D eigenvalue weighted by Gasteiger charge is -2.31. The Morgan fingerprint density at radius 3 is 3.22 bits per heavy atom. The summed E-state index contributed by atoms with van der Waals surface area (Å²) in [7, 11) is 0. The minimum Gasteiger partial charge on any atom is -0.353 e. The van der Waals surface area contributed by atoms with Crippen molar-refractivity contribution in [3.63, 3.8) is 0 Å². The maximum absolute atomic E-state index is 12.1. The highest BCUT2D eigenvalue weighted by molar-refractivity contribution is 8.02. The fourth-order valence-corrected chi connectivity index (χ4v) is 3.92. The van der Waals surface area contributed by atoms with Gasteiger partial charge in [-0.25, -0.2) is 0 Å². The van der Waals surface area contributed by atoms with E-state index < -0.39 is 0 Å². The molecule has 3 nitrogen and oxygen atoms in total. The van der Waals surface area contributed by atoms with E-state index in [4.69, 9.17) is 0 Å². The van der Waals surface area contributed by atoms with E-state index in [1.54, 1.807) is 18.0 Å². The minimum atomic E-state index is -0.232. The summed E-state index contributed by atoms with van der Waals surface area (Å²) >= 11 is 1.76. The lowest BCUT2D eigenvalue weighted by Crippen LogP contribution is -2.35. The molecular weight excluding hydrogens is 244 g/mol. The number of likely N-dealkylation sites (N-methyl/N-ethyl adjacent to an activating group) is 1. The Morgan fingerprint density at radius 1 is 1.50 bits per heavy atom. The molecule has 0 fully saturated rings. The summed E-state index contributed by atoms with van der Waals surface area (Å²) in [4.78, 5) is 16.5. The zero-order valence-electron chi connectivity index (χ0n) is 10.1. The third-order valence-corrected chi connectivity index (χ3v) is 4.77. The zero-order valence-corrected chi connectivity index (χ0v) is 11.0. The molecule has 0 aromatic rings. The van der Waals surface area contributed by atoms with E-state index in [-0.39, 0.29) is 10.7 Å². The molecule has 92 valence electrons. The molecule has 0 saturated heterocycles. The Labute approximate surface area is 110 Å². The van der Waals surface area contributed by atoms with Gasteiger partial charge in [0.25, 0.3) is 0 Å². The minimum absolute atomic E-state index is 0.0470. The summed E-state index contributed by atoms with van der Waals surface area (Å²) in [6.45, 7) is 2.60. The van der Waals surface area contributed by atoms with Crippen LogP contribution in [-0.2, 0) is 4.79 Å². The largest absolute Gasteiger partial charge is 0.353 e. The number of amides is 1. The molecule has 3 aliphatic rings. The van der Waals surface area contributed by atoms with Gasteiger partial charge >= 0.3 is 0 Å². The molecular formula is C14H14N2OS. The van der Waals surface area contributed by atoms with Crippen LogP contribution in [0.15, 0.2) is 52.7 Å². The van der Waals surface area contributed by atoms with E-state index in [0.29, 0.717) is 6.54 Å². The predicted molar refractivity (Wildman–Crippen MR) is 75.8 cm³/mol. The summed E-state index contributed by atoms with van der Waals surface area (Å²) < 4.78 is -0.232. The van der Waals surface area contributed by atoms with Crippen molar-refractivity contribution in [2.45, 2.75) is 11.7 Å². The number of thioether (sulfide) groups is 1. The molecule has 3 rings (SSSR count). The highest BCUT2D eigenvalue weighted by Crippen LogP contribution is 2.48. The zero-order chi connectivity index (χ0) is 12.6. The van der Waals surface area contributed by atoms with Crippen LogP contribution in [0, 0.1) is 0 Å². The van der Waals surface area contributed by atoms with Crippen LogP contribution in [0.25, 0.3) is 0 Å². The average Bonchev–Trinajstić information content (AvgIpc) is 2.76. The topological polar surface area (TPSA) is 41.5 Å². The number of hydrogen-bond donors (Lipinski definition) is 1. The number of rotatable bonds is 2. The molecule has 1 N–H and O–H groups in total. The van der Waals surface area contributed by atoms with Crippen LogP contribution in [0.2, 0.25) is 0 Å². The van der Waals surface area contributed by atoms with Gasteiger partial charge in [0.1, 0.15) is 4.75 Å². The monoisotopic (exact) mass is 258 g/mol. The van der Waals surface area contributed by atoms with Crippen molar-refractivity contribution in [1.29, 1.82) is 0 Å². The second kappa shape index (κ2) is 4.28. The third-order valence-electron chi connectivity index (χ3n) is 3.31. The number of allylic oxidation sites excluding steroid dienone is 4. The molecule has 0 radical (unpaired) electrons. The van der Waals surface area contributed by atoms with E-state index in [0.717, 1.165) is 22.6 Å². The Morgan fingerprint density at radius 2 is 2.39 bits per heavy atom. The van der Waals surface area contributed by atoms with Crippen LogP contribution in [0.4, 0.5) is 0 Å². The van der Waals surface area contributed by atoms with Gasteiger partial charge in [-0.15, -0.1) is 11.8 Å². The molecule has 0 aromatic carbocycles. The highest BCUT2D eigenvalue weighted by Gasteiger charge is 2.45. The first-order valence-corrected chi connectivity index (χ1v) is 7.03. The first-order valence-electron chi connectivity index (χ1n) is 6.04. The third kappa shape index (κ3) is 1.52. The predicted octanol–water partition coefficient (Wildman–Crippen LogP) is 2.00. The number of nitrogens with zero attached hydrogens (tertiary/aromatic N) is 1. The Hall–Kier alpha value is -1.55. The number of nitrogens with one attached hydrogen (secondary N) is 1. The van der Waals surface area contributed by atoms with E-state index in [2.05, 4.69) is 16.4 Å². The lowest BCUT2D eigenvalue weighted by atomic mass is 9.85. The number of aliphatic imine (C=N–C) groups is 1. The number of hydrogen-bond acceptors (Lipinski definition) is 3. The van der Waals surface area contributed by atoms with Crippen molar-refractivity contribution in [3.05, 3.63) is 47.7 Å². The molecule has 1 spiro atoms. The lowest BCUT2D eigenvalue weighted by molar-refractivity contribution is -0.117. The van der Waals surface area contributed by atoms with E-state index in [9.17, 15) is 4.79 Å². The Kier molecular flexibility index (Phi) is 2.74. The van der Waals surface area contributed by atoms with Crippen LogP contribution >= 0.6 is 11.8 Å². The van der Waals surface area contributed by atoms with Gasteiger partial charge in [-0.1, -0.05) is 18.2 Å². The second-order valence-electron chi connectivity index (χ2n) is 4.32. The van der Waals surface area contributed by atoms with Crippen molar-refractivity contribution in [1.82, 2.24) is 5.32 Å². The van der Waals surface area contributed by atoms with Crippen LogP contribution in [0.3, 0.4) is 0 Å². The second-order valence-corrected chi connectivity index (χ2v) is 5.55. The van der Waals surface area contributed by atoms with Crippen LogP contribution in [0.1, 0.15) is 6.92 Å². The van der Waals surface area contributed by atoms with Gasteiger partial charge in [-0.2, -0.15) is 0 Å². The quantitative estimate of drug-likeness (QED) is 0.823. The molecule has 18 heavy (non-hydrogen) atoms. The van der Waals surface area contributed by atoms with Crippen molar-refractivity contribution in [3.8, 4) is 0 Å². The van der Waals surface area contributed by atoms with Gasteiger partial charge in [0, 0.05) is 24.1 Å². The van der Waals surface area contributed by atoms with Crippen molar-refractivity contribution in [2.24, 2.45) is 4.99 Å². The van der Waals surface area contributed by atoms with Gasteiger partial charge in [-0.3, -0.25) is 9.79 Å². The van der Waals surface area contributed by atoms with E-state index in [1.165, 1.54) is 0 Å². The van der Waals surface area contributed by atoms with Crippen molar-refractivity contribution >= 4 is 23.4 Å². The molecule has 1 aliphatic carbocycles. The fourth-order valence-electron chi connectivity index (χ4n) is 2.47. The smallest absolute Gasteiger partial charge is 0.248 e. The SMILES string of the molecule is CCNC(=O)C1=C2C=CN=C3C=CC=CC32SC1. The molecule has 2 heterocycles. The Balaban J connectivity index is 2.07. The van der Waals surface area contributed by atoms with Crippen LogP contribution < -0.4 is 5.32 Å². The molecule has 1 amide bonds. The Bertz CT molecular complexity index is 554. The standard InChI is InChI=1S/C14H14N2OS/c1-2-15-13(17)10-9-18-14-7-4-3-5-12(14)16-8-6-11(10)14/h3-8H,2,9H2,1H3,(H,15,17). The summed E-state index contributed by atoms with van der Waals surface area (Å²) in [6, 6.07) is 0. The fraction of sp³-hybridized carbons (Fsp3) is 0.286. The van der Waals surface area contributed by atoms with Gasteiger partial charge < -0.3 is 5.32 Å². The van der Waals surface area contributed by atoms with Crippen LogP contribution in [-0.4, -0.2) is 28.7 Å². The number of carbonyl (C=O) groups excluding carboxylic acids is 1. The molecule has 0 aromatic heterocycles. The summed E-state index contributed by atoms with van der Waals surface area (Å²) in [5.74, 6) is 0.786. The summed E-state index contributed by atoms with van der Waals surface area (Å²) in [5.41, 5.74) is 2.99. The van der Waals surface area contributed by atoms with E-state index in [1.807, 2.05) is 31.2 Å². The molecule has 1 unspecified atom stereocenters. The van der Waals surface area contributed by atoms with Crippen molar-refractivity contribution < 1.29 is 4.79 Å². The first kappa shape index (κ1) is 11.5. The van der Waals surface area contributed by atoms with Gasteiger partial charge in [0.2, 0.25) is 5.91 Å². The van der Waals surface area contributed by atoms with Crippen molar-refractivity contribution in [2.75, 3.05) is 12.3 Å². The molecule has 4 heteroatoms. The molecule has 1 atom stereocenters. The first-order chi connectivity index (χ1) is 8.78. The van der Waals surface area contributed by atoms with Gasteiger partial charge in [-0.05, 0) is 24.6 Å². The van der Waals surface area contributed by atoms with Gasteiger partial charge in [0.15, 0.2) is 0 Å².